The van der Waals surface area contributed by atoms with E-state index in [0.29, 0.717) is 5.75 Å². The number of hydrogen-bond donors (Lipinski definition) is 1. The van der Waals surface area contributed by atoms with Crippen LogP contribution in [0.15, 0.2) is 34.1 Å². The molecule has 4 nitrogen and oxygen atoms in total. The van der Waals surface area contributed by atoms with Crippen LogP contribution < -0.4 is 10.1 Å². The normalized spacial score (nSPS) is 16.3. The van der Waals surface area contributed by atoms with E-state index in [-0.39, 0.29) is 18.1 Å². The zero-order chi connectivity index (χ0) is 16.3. The summed E-state index contributed by atoms with van der Waals surface area (Å²) in [6.45, 7) is 2.01. The smallest absolute Gasteiger partial charge is 0.258 e. The van der Waals surface area contributed by atoms with Crippen LogP contribution in [0.25, 0.3) is 0 Å². The van der Waals surface area contributed by atoms with E-state index in [4.69, 9.17) is 4.74 Å². The third-order valence-corrected chi connectivity index (χ3v) is 5.74. The van der Waals surface area contributed by atoms with E-state index < -0.39 is 0 Å². The number of amides is 1. The number of nitrogens with one attached hydrogen (secondary N) is 1. The first-order valence-corrected chi connectivity index (χ1v) is 9.37. The number of aryl methyl sites for hydroxylation is 1. The van der Waals surface area contributed by atoms with Gasteiger partial charge in [-0.25, -0.2) is 4.98 Å². The molecule has 0 spiro atoms. The number of carbonyl (C=O) groups excluding carboxylic acids is 1. The summed E-state index contributed by atoms with van der Waals surface area (Å²) in [7, 11) is 0. The molecule has 1 heterocycles. The van der Waals surface area contributed by atoms with Crippen LogP contribution in [0.1, 0.15) is 36.4 Å². The van der Waals surface area contributed by atoms with E-state index in [1.54, 1.807) is 11.3 Å². The van der Waals surface area contributed by atoms with Gasteiger partial charge in [-0.3, -0.25) is 4.79 Å². The lowest BCUT2D eigenvalue weighted by atomic mass is 9.98. The Morgan fingerprint density at radius 3 is 2.65 bits per heavy atom. The highest BCUT2D eigenvalue weighted by molar-refractivity contribution is 9.10. The third-order valence-electron chi connectivity index (χ3n) is 4.05. The highest BCUT2D eigenvalue weighted by atomic mass is 79.9. The Hall–Kier alpha value is -1.40. The Bertz CT molecular complexity index is 678. The van der Waals surface area contributed by atoms with Crippen molar-refractivity contribution in [2.45, 2.75) is 38.1 Å². The fraction of sp³-hybridized carbons (Fsp3) is 0.412. The van der Waals surface area contributed by atoms with Gasteiger partial charge in [-0.1, -0.05) is 28.8 Å². The SMILES string of the molecule is Cc1csc(C2(NC(=O)COc3ccc(Br)cc3)CCCC2)n1. The lowest BCUT2D eigenvalue weighted by Gasteiger charge is -2.28. The fourth-order valence-corrected chi connectivity index (χ4v) is 4.20. The summed E-state index contributed by atoms with van der Waals surface area (Å²) in [6, 6.07) is 7.47. The number of nitrogens with zero attached hydrogens (tertiary/aromatic N) is 1. The second-order valence-corrected chi connectivity index (χ2v) is 7.65. The standard InChI is InChI=1S/C17H19BrN2O2S/c1-12-11-23-16(19-12)17(8-2-3-9-17)20-15(21)10-22-14-6-4-13(18)5-7-14/h4-7,11H,2-3,8-10H2,1H3,(H,20,21). The maximum absolute atomic E-state index is 12.4. The van der Waals surface area contributed by atoms with Crippen molar-refractivity contribution in [1.82, 2.24) is 10.3 Å². The predicted molar refractivity (Wildman–Crippen MR) is 94.8 cm³/mol. The molecule has 0 bridgehead atoms. The molecule has 0 unspecified atom stereocenters. The van der Waals surface area contributed by atoms with Crippen LogP contribution in [0.3, 0.4) is 0 Å². The van der Waals surface area contributed by atoms with Crippen LogP contribution in [0.2, 0.25) is 0 Å². The Morgan fingerprint density at radius 2 is 2.04 bits per heavy atom. The molecule has 2 aromatic rings. The monoisotopic (exact) mass is 394 g/mol. The summed E-state index contributed by atoms with van der Waals surface area (Å²) < 4.78 is 6.55. The zero-order valence-corrected chi connectivity index (χ0v) is 15.4. The Kier molecular flexibility index (Phi) is 5.02. The first-order valence-electron chi connectivity index (χ1n) is 7.69. The molecule has 1 aliphatic carbocycles. The van der Waals surface area contributed by atoms with Gasteiger partial charge in [0.1, 0.15) is 10.8 Å². The average Bonchev–Trinajstić information content (AvgIpc) is 3.17. The fourth-order valence-electron chi connectivity index (χ4n) is 2.93. The van der Waals surface area contributed by atoms with Crippen molar-refractivity contribution in [2.24, 2.45) is 0 Å². The maximum atomic E-state index is 12.4. The van der Waals surface area contributed by atoms with Gasteiger partial charge in [0.05, 0.1) is 5.54 Å². The van der Waals surface area contributed by atoms with Crippen molar-refractivity contribution < 1.29 is 9.53 Å². The number of benzene rings is 1. The number of carbonyl (C=O) groups is 1. The average molecular weight is 395 g/mol. The highest BCUT2D eigenvalue weighted by Crippen LogP contribution is 2.40. The lowest BCUT2D eigenvalue weighted by molar-refractivity contribution is -0.125. The van der Waals surface area contributed by atoms with Gasteiger partial charge in [-0.2, -0.15) is 0 Å². The topological polar surface area (TPSA) is 51.2 Å². The van der Waals surface area contributed by atoms with Gasteiger partial charge in [-0.05, 0) is 44.0 Å². The molecule has 1 saturated carbocycles. The van der Waals surface area contributed by atoms with Crippen LogP contribution in [-0.4, -0.2) is 17.5 Å². The molecule has 1 aromatic heterocycles. The van der Waals surface area contributed by atoms with Gasteiger partial charge in [0.2, 0.25) is 0 Å². The maximum Gasteiger partial charge on any atom is 0.258 e. The molecule has 0 saturated heterocycles. The number of ether oxygens (including phenoxy) is 1. The third kappa shape index (κ3) is 3.93. The van der Waals surface area contributed by atoms with Gasteiger partial charge in [0.25, 0.3) is 5.91 Å². The van der Waals surface area contributed by atoms with Gasteiger partial charge in [-0.15, -0.1) is 11.3 Å². The first kappa shape index (κ1) is 16.5. The number of hydrogen-bond acceptors (Lipinski definition) is 4. The van der Waals surface area contributed by atoms with Gasteiger partial charge >= 0.3 is 0 Å². The molecule has 1 fully saturated rings. The molecule has 3 rings (SSSR count). The van der Waals surface area contributed by atoms with E-state index in [2.05, 4.69) is 26.2 Å². The van der Waals surface area contributed by atoms with Crippen molar-refractivity contribution in [3.05, 3.63) is 44.8 Å². The van der Waals surface area contributed by atoms with Crippen LogP contribution in [-0.2, 0) is 10.3 Å². The second kappa shape index (κ2) is 7.01. The van der Waals surface area contributed by atoms with E-state index >= 15 is 0 Å². The molecule has 0 radical (unpaired) electrons. The van der Waals surface area contributed by atoms with Crippen molar-refractivity contribution >= 4 is 33.2 Å². The van der Waals surface area contributed by atoms with E-state index in [1.165, 1.54) is 0 Å². The number of halogens is 1. The Morgan fingerprint density at radius 1 is 1.35 bits per heavy atom. The lowest BCUT2D eigenvalue weighted by Crippen LogP contribution is -2.45. The summed E-state index contributed by atoms with van der Waals surface area (Å²) in [6.07, 6.45) is 4.13. The Balaban J connectivity index is 1.64. The molecule has 1 N–H and O–H groups in total. The van der Waals surface area contributed by atoms with E-state index in [9.17, 15) is 4.79 Å². The molecule has 0 aliphatic heterocycles. The van der Waals surface area contributed by atoms with Crippen LogP contribution in [0.5, 0.6) is 5.75 Å². The molecule has 122 valence electrons. The van der Waals surface area contributed by atoms with E-state index in [0.717, 1.165) is 40.9 Å². The molecule has 1 amide bonds. The molecule has 1 aromatic carbocycles. The van der Waals surface area contributed by atoms with Crippen molar-refractivity contribution in [2.75, 3.05) is 6.61 Å². The van der Waals surface area contributed by atoms with Crippen LogP contribution in [0, 0.1) is 6.92 Å². The number of aromatic nitrogens is 1. The number of thiazole rings is 1. The molecule has 6 heteroatoms. The molecular formula is C17H19BrN2O2S. The van der Waals surface area contributed by atoms with Crippen molar-refractivity contribution in [3.8, 4) is 5.75 Å². The molecule has 1 aliphatic rings. The minimum absolute atomic E-state index is 0.0216. The largest absolute Gasteiger partial charge is 0.484 e. The minimum atomic E-state index is -0.306. The highest BCUT2D eigenvalue weighted by Gasteiger charge is 2.39. The summed E-state index contributed by atoms with van der Waals surface area (Å²) in [4.78, 5) is 17.0. The first-order chi connectivity index (χ1) is 11.1. The zero-order valence-electron chi connectivity index (χ0n) is 13.0. The quantitative estimate of drug-likeness (QED) is 0.827. The summed E-state index contributed by atoms with van der Waals surface area (Å²) in [5.41, 5.74) is 0.704. The molecule has 23 heavy (non-hydrogen) atoms. The van der Waals surface area contributed by atoms with Crippen LogP contribution in [0.4, 0.5) is 0 Å². The van der Waals surface area contributed by atoms with Gasteiger partial charge in [0, 0.05) is 15.5 Å². The van der Waals surface area contributed by atoms with Gasteiger partial charge < -0.3 is 10.1 Å². The summed E-state index contributed by atoms with van der Waals surface area (Å²) in [5.74, 6) is 0.594. The minimum Gasteiger partial charge on any atom is -0.484 e. The molecule has 0 atom stereocenters. The van der Waals surface area contributed by atoms with Gasteiger partial charge in [0.15, 0.2) is 6.61 Å². The van der Waals surface area contributed by atoms with Crippen LogP contribution >= 0.6 is 27.3 Å². The van der Waals surface area contributed by atoms with Crippen molar-refractivity contribution in [1.29, 1.82) is 0 Å². The summed E-state index contributed by atoms with van der Waals surface area (Å²) in [5, 5.41) is 6.24. The Labute approximate surface area is 148 Å². The summed E-state index contributed by atoms with van der Waals surface area (Å²) >= 11 is 5.01. The predicted octanol–water partition coefficient (Wildman–Crippen LogP) is 4.18. The molecular weight excluding hydrogens is 376 g/mol. The van der Waals surface area contributed by atoms with E-state index in [1.807, 2.05) is 36.6 Å². The number of rotatable bonds is 5. The van der Waals surface area contributed by atoms with Crippen molar-refractivity contribution in [3.63, 3.8) is 0 Å². The second-order valence-electron chi connectivity index (χ2n) is 5.87.